The largest absolute Gasteiger partial charge is 0.460 e. The highest BCUT2D eigenvalue weighted by Gasteiger charge is 2.75. The van der Waals surface area contributed by atoms with Crippen molar-refractivity contribution in [2.24, 2.45) is 0 Å². The van der Waals surface area contributed by atoms with E-state index in [9.17, 15) is 40.3 Å². The van der Waals surface area contributed by atoms with Crippen LogP contribution in [0.2, 0.25) is 0 Å². The maximum atomic E-state index is 12.8. The van der Waals surface area contributed by atoms with Crippen molar-refractivity contribution in [2.75, 3.05) is 0 Å². The van der Waals surface area contributed by atoms with Crippen LogP contribution in [-0.2, 0) is 9.59 Å². The molecule has 0 aromatic heterocycles. The van der Waals surface area contributed by atoms with E-state index in [1.807, 2.05) is 0 Å². The first-order valence-corrected chi connectivity index (χ1v) is 5.25. The molecule has 0 fully saturated rings. The molecule has 0 rings (SSSR count). The number of hydrogen-bond donors (Lipinski definition) is 0. The minimum absolute atomic E-state index is 0.230. The molecule has 0 aliphatic heterocycles. The molecule has 0 saturated carbocycles. The summed E-state index contributed by atoms with van der Waals surface area (Å²) in [5, 5.41) is 0. The molecule has 0 aromatic carbocycles. The van der Waals surface area contributed by atoms with Gasteiger partial charge in [0.1, 0.15) is 5.78 Å². The van der Waals surface area contributed by atoms with E-state index in [0.29, 0.717) is 6.42 Å². The summed E-state index contributed by atoms with van der Waals surface area (Å²) >= 11 is 0. The number of alkyl halides is 7. The van der Waals surface area contributed by atoms with E-state index < -0.39 is 36.0 Å². The molecular formula is C10H11F7O2. The van der Waals surface area contributed by atoms with Gasteiger partial charge in [-0.05, 0) is 6.42 Å². The lowest BCUT2D eigenvalue weighted by molar-refractivity contribution is -0.343. The number of rotatable bonds is 7. The van der Waals surface area contributed by atoms with Gasteiger partial charge in [-0.1, -0.05) is 13.3 Å². The number of halogens is 7. The first-order chi connectivity index (χ1) is 8.38. The smallest absolute Gasteiger partial charge is 0.299 e. The van der Waals surface area contributed by atoms with Crippen LogP contribution < -0.4 is 0 Å². The van der Waals surface area contributed by atoms with Crippen LogP contribution in [0.5, 0.6) is 0 Å². The summed E-state index contributed by atoms with van der Waals surface area (Å²) < 4.78 is 85.8. The maximum Gasteiger partial charge on any atom is 0.460 e. The fraction of sp³-hybridized carbons (Fsp3) is 0.800. The Morgan fingerprint density at radius 2 is 1.42 bits per heavy atom. The van der Waals surface area contributed by atoms with E-state index >= 15 is 0 Å². The third-order valence-corrected chi connectivity index (χ3v) is 2.27. The first kappa shape index (κ1) is 17.8. The quantitative estimate of drug-likeness (QED) is 0.532. The van der Waals surface area contributed by atoms with E-state index in [0.717, 1.165) is 0 Å². The van der Waals surface area contributed by atoms with Crippen LogP contribution in [0.3, 0.4) is 0 Å². The first-order valence-electron chi connectivity index (χ1n) is 5.25. The van der Waals surface area contributed by atoms with Gasteiger partial charge >= 0.3 is 18.0 Å². The van der Waals surface area contributed by atoms with Gasteiger partial charge in [0, 0.05) is 6.42 Å². The van der Waals surface area contributed by atoms with Gasteiger partial charge in [-0.3, -0.25) is 9.59 Å². The van der Waals surface area contributed by atoms with Gasteiger partial charge in [-0.15, -0.1) is 0 Å². The number of carbonyl (C=O) groups is 2. The molecule has 0 aromatic rings. The summed E-state index contributed by atoms with van der Waals surface area (Å²) in [6, 6.07) is 0. The molecule has 0 spiro atoms. The lowest BCUT2D eigenvalue weighted by atomic mass is 10.00. The van der Waals surface area contributed by atoms with Crippen LogP contribution in [0.25, 0.3) is 0 Å². The summed E-state index contributed by atoms with van der Waals surface area (Å²) in [5.41, 5.74) is 0. The monoisotopic (exact) mass is 296 g/mol. The van der Waals surface area contributed by atoms with E-state index in [1.165, 1.54) is 0 Å². The molecule has 0 atom stereocenters. The van der Waals surface area contributed by atoms with Crippen molar-refractivity contribution in [3.8, 4) is 0 Å². The number of unbranched alkanes of at least 4 members (excludes halogenated alkanes) is 1. The van der Waals surface area contributed by atoms with Crippen LogP contribution >= 0.6 is 0 Å². The van der Waals surface area contributed by atoms with Crippen molar-refractivity contribution in [3.63, 3.8) is 0 Å². The Balaban J connectivity index is 4.92. The minimum Gasteiger partial charge on any atom is -0.299 e. The third kappa shape index (κ3) is 3.90. The highest BCUT2D eigenvalue weighted by Crippen LogP contribution is 2.47. The van der Waals surface area contributed by atoms with Gasteiger partial charge in [0.05, 0.1) is 6.42 Å². The average molecular weight is 296 g/mol. The standard InChI is InChI=1S/C10H11F7O2/c1-2-3-4-6(18)5-7(19)8(11,12)9(13,14)10(15,16)17/h2-5H2,1H3. The Morgan fingerprint density at radius 3 is 1.79 bits per heavy atom. The fourth-order valence-corrected chi connectivity index (χ4v) is 1.11. The van der Waals surface area contributed by atoms with Crippen molar-refractivity contribution < 1.29 is 40.3 Å². The molecule has 0 saturated heterocycles. The number of Topliss-reactive ketones (excluding diaryl/α,β-unsaturated/α-hetero) is 2. The van der Waals surface area contributed by atoms with Gasteiger partial charge in [-0.25, -0.2) is 0 Å². The molecule has 0 heterocycles. The van der Waals surface area contributed by atoms with E-state index in [-0.39, 0.29) is 12.8 Å². The maximum absolute atomic E-state index is 12.8. The average Bonchev–Trinajstić information content (AvgIpc) is 2.24. The minimum atomic E-state index is -6.57. The lowest BCUT2D eigenvalue weighted by Gasteiger charge is -2.26. The van der Waals surface area contributed by atoms with Gasteiger partial charge in [-0.2, -0.15) is 30.7 Å². The predicted octanol–water partition coefficient (Wildman–Crippen LogP) is 3.54. The Labute approximate surface area is 104 Å². The Bertz CT molecular complexity index is 346. The number of hydrogen-bond acceptors (Lipinski definition) is 2. The molecule has 112 valence electrons. The summed E-state index contributed by atoms with van der Waals surface area (Å²) in [7, 11) is 0. The molecule has 0 amide bonds. The molecule has 19 heavy (non-hydrogen) atoms. The summed E-state index contributed by atoms with van der Waals surface area (Å²) in [4.78, 5) is 21.7. The number of ketones is 2. The van der Waals surface area contributed by atoms with Crippen molar-refractivity contribution in [3.05, 3.63) is 0 Å². The number of carbonyl (C=O) groups excluding carboxylic acids is 2. The highest BCUT2D eigenvalue weighted by atomic mass is 19.4. The van der Waals surface area contributed by atoms with Crippen molar-refractivity contribution in [2.45, 2.75) is 50.6 Å². The van der Waals surface area contributed by atoms with Crippen molar-refractivity contribution >= 4 is 11.6 Å². The van der Waals surface area contributed by atoms with E-state index in [4.69, 9.17) is 0 Å². The van der Waals surface area contributed by atoms with Gasteiger partial charge in [0.15, 0.2) is 0 Å². The van der Waals surface area contributed by atoms with Crippen LogP contribution in [-0.4, -0.2) is 29.6 Å². The van der Waals surface area contributed by atoms with E-state index in [1.54, 1.807) is 6.92 Å². The molecule has 0 unspecified atom stereocenters. The molecule has 0 aliphatic rings. The van der Waals surface area contributed by atoms with Crippen molar-refractivity contribution in [1.29, 1.82) is 0 Å². The zero-order chi connectivity index (χ0) is 15.5. The molecular weight excluding hydrogens is 285 g/mol. The second kappa shape index (κ2) is 5.87. The Kier molecular flexibility index (Phi) is 5.52. The van der Waals surface area contributed by atoms with Crippen LogP contribution in [0, 0.1) is 0 Å². The third-order valence-electron chi connectivity index (χ3n) is 2.27. The molecule has 0 radical (unpaired) electrons. The SMILES string of the molecule is CCCCC(=O)CC(=O)C(F)(F)C(F)(F)C(F)(F)F. The molecule has 0 bridgehead atoms. The summed E-state index contributed by atoms with van der Waals surface area (Å²) in [5.74, 6) is -16.3. The normalized spacial score (nSPS) is 13.5. The van der Waals surface area contributed by atoms with Crippen LogP contribution in [0.4, 0.5) is 30.7 Å². The van der Waals surface area contributed by atoms with Gasteiger partial charge in [0.2, 0.25) is 5.78 Å². The van der Waals surface area contributed by atoms with Gasteiger partial charge < -0.3 is 0 Å². The zero-order valence-electron chi connectivity index (χ0n) is 9.79. The summed E-state index contributed by atoms with van der Waals surface area (Å²) in [6.07, 6.45) is -7.82. The zero-order valence-corrected chi connectivity index (χ0v) is 9.79. The van der Waals surface area contributed by atoms with Gasteiger partial charge in [0.25, 0.3) is 0 Å². The Hall–Kier alpha value is -1.15. The van der Waals surface area contributed by atoms with Crippen LogP contribution in [0.1, 0.15) is 32.6 Å². The predicted molar refractivity (Wildman–Crippen MR) is 50.1 cm³/mol. The molecule has 0 aliphatic carbocycles. The fourth-order valence-electron chi connectivity index (χ4n) is 1.11. The topological polar surface area (TPSA) is 34.1 Å². The molecule has 0 N–H and O–H groups in total. The summed E-state index contributed by atoms with van der Waals surface area (Å²) in [6.45, 7) is 1.64. The second-order valence-electron chi connectivity index (χ2n) is 3.89. The van der Waals surface area contributed by atoms with E-state index in [2.05, 4.69) is 0 Å². The second-order valence-corrected chi connectivity index (χ2v) is 3.89. The molecule has 9 heteroatoms. The van der Waals surface area contributed by atoms with Crippen LogP contribution in [0.15, 0.2) is 0 Å². The highest BCUT2D eigenvalue weighted by molar-refractivity contribution is 6.02. The molecule has 2 nitrogen and oxygen atoms in total. The van der Waals surface area contributed by atoms with Crippen molar-refractivity contribution in [1.82, 2.24) is 0 Å². The Morgan fingerprint density at radius 1 is 0.947 bits per heavy atom. The lowest BCUT2D eigenvalue weighted by Crippen LogP contribution is -2.56.